The van der Waals surface area contributed by atoms with E-state index in [2.05, 4.69) is 58.9 Å². The molecule has 0 amide bonds. The Morgan fingerprint density at radius 2 is 1.17 bits per heavy atom. The summed E-state index contributed by atoms with van der Waals surface area (Å²) in [6, 6.07) is 0. The molecule has 0 saturated heterocycles. The SMILES string of the molecule is CCCCC(O)CCC(=CCCC=C(CCC=C(C)C)CCCCCCC(C)(C)O)CCC=C(C)C. The van der Waals surface area contributed by atoms with E-state index in [9.17, 15) is 10.2 Å². The largest absolute Gasteiger partial charge is 0.393 e. The van der Waals surface area contributed by atoms with E-state index in [0.717, 1.165) is 77.0 Å². The van der Waals surface area contributed by atoms with Crippen molar-refractivity contribution in [3.63, 3.8) is 0 Å². The topological polar surface area (TPSA) is 40.5 Å². The Morgan fingerprint density at radius 3 is 1.67 bits per heavy atom. The summed E-state index contributed by atoms with van der Waals surface area (Å²) in [7, 11) is 0. The number of hydrogen-bond acceptors (Lipinski definition) is 2. The highest BCUT2D eigenvalue weighted by molar-refractivity contribution is 5.09. The predicted octanol–water partition coefficient (Wildman–Crippen LogP) is 10.6. The fraction of sp³-hybridized carbons (Fsp3) is 0.765. The molecule has 0 aromatic rings. The molecule has 0 bridgehead atoms. The molecule has 0 spiro atoms. The fourth-order valence-electron chi connectivity index (χ4n) is 4.52. The molecule has 1 atom stereocenters. The average Bonchev–Trinajstić information content (AvgIpc) is 2.78. The van der Waals surface area contributed by atoms with Crippen molar-refractivity contribution in [2.45, 2.75) is 169 Å². The first-order valence-electron chi connectivity index (χ1n) is 15.1. The van der Waals surface area contributed by atoms with Crippen molar-refractivity contribution in [3.8, 4) is 0 Å². The van der Waals surface area contributed by atoms with Crippen LogP contribution in [0.2, 0.25) is 0 Å². The monoisotopic (exact) mass is 502 g/mol. The number of aliphatic hydroxyl groups is 2. The summed E-state index contributed by atoms with van der Waals surface area (Å²) in [6.45, 7) is 14.7. The minimum Gasteiger partial charge on any atom is -0.393 e. The van der Waals surface area contributed by atoms with E-state index in [1.807, 2.05) is 13.8 Å². The first kappa shape index (κ1) is 34.9. The lowest BCUT2D eigenvalue weighted by atomic mass is 9.96. The smallest absolute Gasteiger partial charge is 0.0591 e. The van der Waals surface area contributed by atoms with Gasteiger partial charge in [-0.3, -0.25) is 0 Å². The van der Waals surface area contributed by atoms with Gasteiger partial charge in [0, 0.05) is 0 Å². The summed E-state index contributed by atoms with van der Waals surface area (Å²) in [5, 5.41) is 20.2. The molecule has 0 aliphatic heterocycles. The van der Waals surface area contributed by atoms with E-state index in [-0.39, 0.29) is 6.10 Å². The van der Waals surface area contributed by atoms with E-state index in [4.69, 9.17) is 0 Å². The quantitative estimate of drug-likeness (QED) is 0.114. The lowest BCUT2D eigenvalue weighted by molar-refractivity contribution is 0.0680. The normalized spacial score (nSPS) is 13.6. The van der Waals surface area contributed by atoms with Gasteiger partial charge in [-0.25, -0.2) is 0 Å². The highest BCUT2D eigenvalue weighted by Gasteiger charge is 2.11. The van der Waals surface area contributed by atoms with Crippen LogP contribution in [0.1, 0.15) is 158 Å². The third kappa shape index (κ3) is 24.6. The number of rotatable bonds is 22. The molecule has 2 heteroatoms. The van der Waals surface area contributed by atoms with E-state index in [0.29, 0.717) is 0 Å². The minimum absolute atomic E-state index is 0.151. The van der Waals surface area contributed by atoms with Crippen molar-refractivity contribution < 1.29 is 10.2 Å². The first-order chi connectivity index (χ1) is 17.0. The van der Waals surface area contributed by atoms with Crippen molar-refractivity contribution in [2.75, 3.05) is 0 Å². The highest BCUT2D eigenvalue weighted by Crippen LogP contribution is 2.21. The van der Waals surface area contributed by atoms with Gasteiger partial charge in [-0.2, -0.15) is 0 Å². The number of allylic oxidation sites excluding steroid dienone is 8. The van der Waals surface area contributed by atoms with Gasteiger partial charge in [0.25, 0.3) is 0 Å². The summed E-state index contributed by atoms with van der Waals surface area (Å²) in [4.78, 5) is 0. The molecule has 0 fully saturated rings. The Morgan fingerprint density at radius 1 is 0.639 bits per heavy atom. The second-order valence-electron chi connectivity index (χ2n) is 12.0. The van der Waals surface area contributed by atoms with E-state index in [1.165, 1.54) is 48.8 Å². The summed E-state index contributed by atoms with van der Waals surface area (Å²) < 4.78 is 0. The molecule has 2 N–H and O–H groups in total. The van der Waals surface area contributed by atoms with Crippen LogP contribution < -0.4 is 0 Å². The van der Waals surface area contributed by atoms with Gasteiger partial charge in [0.2, 0.25) is 0 Å². The molecular formula is C34H62O2. The maximum Gasteiger partial charge on any atom is 0.0591 e. The molecular weight excluding hydrogens is 440 g/mol. The molecule has 36 heavy (non-hydrogen) atoms. The molecule has 0 rings (SSSR count). The van der Waals surface area contributed by atoms with Crippen molar-refractivity contribution >= 4 is 0 Å². The summed E-state index contributed by atoms with van der Waals surface area (Å²) >= 11 is 0. The van der Waals surface area contributed by atoms with Gasteiger partial charge in [0.15, 0.2) is 0 Å². The Kier molecular flexibility index (Phi) is 21.2. The molecule has 2 nitrogen and oxygen atoms in total. The second-order valence-corrected chi connectivity index (χ2v) is 12.0. The highest BCUT2D eigenvalue weighted by atomic mass is 16.3. The van der Waals surface area contributed by atoms with Crippen LogP contribution in [0.15, 0.2) is 46.6 Å². The van der Waals surface area contributed by atoms with Gasteiger partial charge in [0.1, 0.15) is 0 Å². The predicted molar refractivity (Wildman–Crippen MR) is 161 cm³/mol. The van der Waals surface area contributed by atoms with Crippen LogP contribution in [-0.2, 0) is 0 Å². The summed E-state index contributed by atoms with van der Waals surface area (Å²) in [5.74, 6) is 0. The molecule has 0 radical (unpaired) electrons. The second kappa shape index (κ2) is 21.9. The maximum atomic E-state index is 10.3. The summed E-state index contributed by atoms with van der Waals surface area (Å²) in [5.41, 5.74) is 5.41. The third-order valence-electron chi connectivity index (χ3n) is 6.79. The lowest BCUT2D eigenvalue weighted by Gasteiger charge is -2.16. The van der Waals surface area contributed by atoms with Crippen LogP contribution in [0.3, 0.4) is 0 Å². The van der Waals surface area contributed by atoms with Crippen LogP contribution in [0.25, 0.3) is 0 Å². The average molecular weight is 503 g/mol. The van der Waals surface area contributed by atoms with Gasteiger partial charge in [0.05, 0.1) is 11.7 Å². The Bertz CT molecular complexity index is 649. The molecule has 0 heterocycles. The van der Waals surface area contributed by atoms with Crippen LogP contribution in [0, 0.1) is 0 Å². The lowest BCUT2D eigenvalue weighted by Crippen LogP contribution is -2.17. The van der Waals surface area contributed by atoms with Crippen LogP contribution in [0.5, 0.6) is 0 Å². The van der Waals surface area contributed by atoms with Crippen LogP contribution >= 0.6 is 0 Å². The van der Waals surface area contributed by atoms with Crippen molar-refractivity contribution in [3.05, 3.63) is 46.6 Å². The van der Waals surface area contributed by atoms with Gasteiger partial charge in [-0.15, -0.1) is 0 Å². The summed E-state index contributed by atoms with van der Waals surface area (Å²) in [6.07, 6.45) is 28.4. The van der Waals surface area contributed by atoms with E-state index in [1.54, 1.807) is 5.57 Å². The van der Waals surface area contributed by atoms with E-state index >= 15 is 0 Å². The zero-order chi connectivity index (χ0) is 27.2. The minimum atomic E-state index is -0.527. The van der Waals surface area contributed by atoms with Crippen molar-refractivity contribution in [1.82, 2.24) is 0 Å². The molecule has 0 saturated carbocycles. The zero-order valence-electron chi connectivity index (χ0n) is 25.3. The Labute approximate surface area is 226 Å². The van der Waals surface area contributed by atoms with Crippen molar-refractivity contribution in [1.29, 1.82) is 0 Å². The van der Waals surface area contributed by atoms with Gasteiger partial charge < -0.3 is 10.2 Å². The molecule has 0 aliphatic carbocycles. The number of unbranched alkanes of at least 4 members (excludes halogenated alkanes) is 5. The van der Waals surface area contributed by atoms with Gasteiger partial charge >= 0.3 is 0 Å². The Hall–Kier alpha value is -1.12. The first-order valence-corrected chi connectivity index (χ1v) is 15.1. The molecule has 0 aliphatic rings. The molecule has 0 aromatic heterocycles. The third-order valence-corrected chi connectivity index (χ3v) is 6.79. The molecule has 0 aromatic carbocycles. The van der Waals surface area contributed by atoms with E-state index < -0.39 is 5.60 Å². The van der Waals surface area contributed by atoms with Crippen LogP contribution in [0.4, 0.5) is 0 Å². The molecule has 210 valence electrons. The maximum absolute atomic E-state index is 10.3. The van der Waals surface area contributed by atoms with Crippen LogP contribution in [-0.4, -0.2) is 21.9 Å². The zero-order valence-corrected chi connectivity index (χ0v) is 25.3. The van der Waals surface area contributed by atoms with Crippen molar-refractivity contribution in [2.24, 2.45) is 0 Å². The fourth-order valence-corrected chi connectivity index (χ4v) is 4.52. The Balaban J connectivity index is 4.85. The number of aliphatic hydroxyl groups excluding tert-OH is 1. The molecule has 1 unspecified atom stereocenters. The van der Waals surface area contributed by atoms with Gasteiger partial charge in [-0.05, 0) is 119 Å². The standard InChI is InChI=1S/C34H62O2/c1-8-9-25-33(35)27-26-32(24-17-19-30(4)5)22-14-13-21-31(23-16-18-29(2)3)20-12-10-11-15-28-34(6,7)36/h18-19,21-22,33,35-36H,8-17,20,23-28H2,1-7H3. The van der Waals surface area contributed by atoms with Gasteiger partial charge in [-0.1, -0.05) is 85.6 Å². The number of hydrogen-bond donors (Lipinski definition) is 2.